The molecule has 24 heavy (non-hydrogen) atoms. The van der Waals surface area contributed by atoms with Gasteiger partial charge in [0, 0.05) is 5.02 Å². The first kappa shape index (κ1) is 18.4. The summed E-state index contributed by atoms with van der Waals surface area (Å²) in [6.45, 7) is 0. The fourth-order valence-corrected chi connectivity index (χ4v) is 2.53. The summed E-state index contributed by atoms with van der Waals surface area (Å²) in [4.78, 5) is 24.5. The molecule has 0 saturated carbocycles. The molecule has 0 aliphatic rings. The largest absolute Gasteiger partial charge is 0.467 e. The molecule has 124 valence electrons. The minimum absolute atomic E-state index is 0.00807. The minimum atomic E-state index is -1.51. The van der Waals surface area contributed by atoms with Gasteiger partial charge in [0.05, 0.1) is 28.4 Å². The van der Waals surface area contributed by atoms with E-state index < -0.39 is 17.8 Å². The van der Waals surface area contributed by atoms with Crippen LogP contribution in [0, 0.1) is 0 Å². The standard InChI is InChI=1S/C16H11Cl3N2O3/c1-24-16(23)14(21-20-10-7-5-9(17)6-8-10)15(22)13-11(18)3-2-4-12(13)19/h2-8,14H,1H3. The average Bonchev–Trinajstić information content (AvgIpc) is 2.56. The lowest BCUT2D eigenvalue weighted by Crippen LogP contribution is -2.29. The quantitative estimate of drug-likeness (QED) is 0.309. The Hall–Kier alpha value is -1.95. The Bertz CT molecular complexity index is 771. The van der Waals surface area contributed by atoms with Crippen molar-refractivity contribution >= 4 is 52.2 Å². The van der Waals surface area contributed by atoms with Crippen LogP contribution in [0.3, 0.4) is 0 Å². The molecule has 0 saturated heterocycles. The molecule has 0 aliphatic carbocycles. The number of hydrogen-bond acceptors (Lipinski definition) is 5. The van der Waals surface area contributed by atoms with Crippen LogP contribution in [0.4, 0.5) is 5.69 Å². The highest BCUT2D eigenvalue weighted by Gasteiger charge is 2.31. The van der Waals surface area contributed by atoms with Crippen LogP contribution >= 0.6 is 34.8 Å². The average molecular weight is 386 g/mol. The van der Waals surface area contributed by atoms with Gasteiger partial charge in [0.15, 0.2) is 0 Å². The van der Waals surface area contributed by atoms with Gasteiger partial charge in [-0.3, -0.25) is 4.79 Å². The summed E-state index contributed by atoms with van der Waals surface area (Å²) in [5, 5.41) is 8.43. The molecule has 2 aromatic carbocycles. The van der Waals surface area contributed by atoms with Gasteiger partial charge in [-0.15, -0.1) is 0 Å². The van der Waals surface area contributed by atoms with Crippen LogP contribution in [0.2, 0.25) is 15.1 Å². The van der Waals surface area contributed by atoms with E-state index in [1.165, 1.54) is 12.1 Å². The molecule has 1 unspecified atom stereocenters. The van der Waals surface area contributed by atoms with Gasteiger partial charge in [0.1, 0.15) is 0 Å². The van der Waals surface area contributed by atoms with E-state index in [2.05, 4.69) is 15.0 Å². The molecule has 8 heteroatoms. The highest BCUT2D eigenvalue weighted by Crippen LogP contribution is 2.27. The minimum Gasteiger partial charge on any atom is -0.467 e. The summed E-state index contributed by atoms with van der Waals surface area (Å²) < 4.78 is 4.62. The molecule has 2 aromatic rings. The van der Waals surface area contributed by atoms with Gasteiger partial charge in [0.25, 0.3) is 0 Å². The van der Waals surface area contributed by atoms with Crippen LogP contribution in [-0.4, -0.2) is 24.9 Å². The summed E-state index contributed by atoms with van der Waals surface area (Å²) in [7, 11) is 1.15. The Morgan fingerprint density at radius 3 is 2.12 bits per heavy atom. The second-order valence-corrected chi connectivity index (χ2v) is 5.83. The zero-order valence-electron chi connectivity index (χ0n) is 12.4. The number of nitrogens with zero attached hydrogens (tertiary/aromatic N) is 2. The number of carbonyl (C=O) groups is 2. The first-order valence-corrected chi connectivity index (χ1v) is 7.80. The van der Waals surface area contributed by atoms with Gasteiger partial charge in [0.2, 0.25) is 11.8 Å². The van der Waals surface area contributed by atoms with Gasteiger partial charge in [-0.05, 0) is 36.4 Å². The number of Topliss-reactive ketones (excluding diaryl/α,β-unsaturated/α-hetero) is 1. The number of halogens is 3. The van der Waals surface area contributed by atoms with Gasteiger partial charge in [-0.1, -0.05) is 40.9 Å². The van der Waals surface area contributed by atoms with E-state index >= 15 is 0 Å². The molecule has 0 N–H and O–H groups in total. The van der Waals surface area contributed by atoms with E-state index in [9.17, 15) is 9.59 Å². The molecule has 0 aromatic heterocycles. The fraction of sp³-hybridized carbons (Fsp3) is 0.125. The van der Waals surface area contributed by atoms with Gasteiger partial charge < -0.3 is 4.74 Å². The van der Waals surface area contributed by atoms with Crippen LogP contribution in [0.1, 0.15) is 10.4 Å². The van der Waals surface area contributed by atoms with E-state index in [-0.39, 0.29) is 15.6 Å². The predicted octanol–water partition coefficient (Wildman–Crippen LogP) is 5.16. The van der Waals surface area contributed by atoms with Crippen molar-refractivity contribution in [2.24, 2.45) is 10.2 Å². The van der Waals surface area contributed by atoms with E-state index in [1.807, 2.05) is 0 Å². The number of methoxy groups -OCH3 is 1. The van der Waals surface area contributed by atoms with Gasteiger partial charge in [-0.25, -0.2) is 4.79 Å². The monoisotopic (exact) mass is 384 g/mol. The topological polar surface area (TPSA) is 68.1 Å². The van der Waals surface area contributed by atoms with Crippen LogP contribution in [0.25, 0.3) is 0 Å². The lowest BCUT2D eigenvalue weighted by Gasteiger charge is -2.10. The fourth-order valence-electron chi connectivity index (χ4n) is 1.82. The highest BCUT2D eigenvalue weighted by atomic mass is 35.5. The van der Waals surface area contributed by atoms with Crippen LogP contribution in [0.15, 0.2) is 52.7 Å². The normalized spacial score (nSPS) is 12.2. The summed E-state index contributed by atoms with van der Waals surface area (Å²) in [6, 6.07) is 9.45. The van der Waals surface area contributed by atoms with Gasteiger partial charge >= 0.3 is 5.97 Å². The van der Waals surface area contributed by atoms with E-state index in [0.29, 0.717) is 10.7 Å². The van der Waals surface area contributed by atoms with E-state index in [4.69, 9.17) is 34.8 Å². The molecule has 0 amide bonds. The molecule has 0 aliphatic heterocycles. The molecular weight excluding hydrogens is 375 g/mol. The molecule has 0 radical (unpaired) electrons. The zero-order valence-corrected chi connectivity index (χ0v) is 14.6. The highest BCUT2D eigenvalue weighted by molar-refractivity contribution is 6.40. The molecule has 0 bridgehead atoms. The summed E-state index contributed by atoms with van der Waals surface area (Å²) in [6.07, 6.45) is 0. The lowest BCUT2D eigenvalue weighted by molar-refractivity contribution is -0.140. The maximum Gasteiger partial charge on any atom is 0.340 e. The lowest BCUT2D eigenvalue weighted by atomic mass is 10.0. The number of rotatable bonds is 5. The third-order valence-corrected chi connectivity index (χ3v) is 3.88. The van der Waals surface area contributed by atoms with Crippen molar-refractivity contribution in [1.82, 2.24) is 0 Å². The van der Waals surface area contributed by atoms with Crippen molar-refractivity contribution in [3.8, 4) is 0 Å². The Kier molecular flexibility index (Phi) is 6.31. The Morgan fingerprint density at radius 2 is 1.58 bits per heavy atom. The van der Waals surface area contributed by atoms with Crippen molar-refractivity contribution in [1.29, 1.82) is 0 Å². The number of esters is 1. The van der Waals surface area contributed by atoms with Gasteiger partial charge in [-0.2, -0.15) is 10.2 Å². The Balaban J connectivity index is 2.36. The first-order chi connectivity index (χ1) is 11.4. The van der Waals surface area contributed by atoms with Crippen LogP contribution < -0.4 is 0 Å². The second kappa shape index (κ2) is 8.24. The molecule has 2 rings (SSSR count). The first-order valence-electron chi connectivity index (χ1n) is 6.66. The SMILES string of the molecule is COC(=O)C(N=Nc1ccc(Cl)cc1)C(=O)c1c(Cl)cccc1Cl. The van der Waals surface area contributed by atoms with Crippen LogP contribution in [0.5, 0.6) is 0 Å². The number of hydrogen-bond donors (Lipinski definition) is 0. The van der Waals surface area contributed by atoms with Crippen molar-refractivity contribution < 1.29 is 14.3 Å². The summed E-state index contributed by atoms with van der Waals surface area (Å²) >= 11 is 17.8. The van der Waals surface area contributed by atoms with Crippen molar-refractivity contribution in [3.05, 3.63) is 63.1 Å². The number of azo groups is 1. The number of ketones is 1. The summed E-state index contributed by atoms with van der Waals surface area (Å²) in [5.41, 5.74) is 0.414. The maximum atomic E-state index is 12.6. The summed E-state index contributed by atoms with van der Waals surface area (Å²) in [5.74, 6) is -1.57. The van der Waals surface area contributed by atoms with E-state index in [0.717, 1.165) is 7.11 Å². The van der Waals surface area contributed by atoms with E-state index in [1.54, 1.807) is 30.3 Å². The van der Waals surface area contributed by atoms with Crippen LogP contribution in [-0.2, 0) is 9.53 Å². The Labute approximate surface area is 153 Å². The van der Waals surface area contributed by atoms with Crippen molar-refractivity contribution in [2.45, 2.75) is 6.04 Å². The smallest absolute Gasteiger partial charge is 0.340 e. The molecule has 0 spiro atoms. The molecule has 5 nitrogen and oxygen atoms in total. The zero-order chi connectivity index (χ0) is 17.7. The molecule has 0 fully saturated rings. The number of carbonyl (C=O) groups excluding carboxylic acids is 2. The Morgan fingerprint density at radius 1 is 1.00 bits per heavy atom. The molecular formula is C16H11Cl3N2O3. The number of benzene rings is 2. The third-order valence-electron chi connectivity index (χ3n) is 3.00. The second-order valence-electron chi connectivity index (χ2n) is 4.58. The predicted molar refractivity (Wildman–Crippen MR) is 92.6 cm³/mol. The maximum absolute atomic E-state index is 12.6. The molecule has 0 heterocycles. The number of ether oxygens (including phenoxy) is 1. The molecule has 1 atom stereocenters. The third kappa shape index (κ3) is 4.32. The van der Waals surface area contributed by atoms with Crippen molar-refractivity contribution in [3.63, 3.8) is 0 Å². The van der Waals surface area contributed by atoms with Crippen molar-refractivity contribution in [2.75, 3.05) is 7.11 Å².